The summed E-state index contributed by atoms with van der Waals surface area (Å²) in [6.07, 6.45) is 5.89. The fraction of sp³-hybridized carbons (Fsp3) is 0.389. The van der Waals surface area contributed by atoms with Gasteiger partial charge in [-0.2, -0.15) is 0 Å². The summed E-state index contributed by atoms with van der Waals surface area (Å²) >= 11 is 2.84. The summed E-state index contributed by atoms with van der Waals surface area (Å²) in [6, 6.07) is 0. The van der Waals surface area contributed by atoms with Crippen LogP contribution in [0.25, 0.3) is 10.2 Å². The number of nitrogens with two attached hydrogens (primary N) is 1. The molecule has 0 fully saturated rings. The molecule has 3 heterocycles. The lowest BCUT2D eigenvalue weighted by molar-refractivity contribution is -0.117. The second-order valence-electron chi connectivity index (χ2n) is 6.72. The predicted octanol–water partition coefficient (Wildman–Crippen LogP) is 1.85. The highest BCUT2D eigenvalue weighted by atomic mass is 32.1. The predicted molar refractivity (Wildman–Crippen MR) is 109 cm³/mol. The van der Waals surface area contributed by atoms with Crippen LogP contribution in [0.5, 0.6) is 0 Å². The molecule has 3 aromatic rings. The third-order valence-corrected chi connectivity index (χ3v) is 6.68. The first-order valence-corrected chi connectivity index (χ1v) is 10.7. The summed E-state index contributed by atoms with van der Waals surface area (Å²) in [4.78, 5) is 46.7. The second kappa shape index (κ2) is 7.80. The minimum Gasteiger partial charge on any atom is -0.369 e. The van der Waals surface area contributed by atoms with Crippen molar-refractivity contribution in [3.63, 3.8) is 0 Å². The lowest BCUT2D eigenvalue weighted by Crippen LogP contribution is -2.24. The summed E-state index contributed by atoms with van der Waals surface area (Å²) in [5.74, 6) is -0.722. The fourth-order valence-corrected chi connectivity index (χ4v) is 5.31. The van der Waals surface area contributed by atoms with E-state index in [1.807, 2.05) is 0 Å². The van der Waals surface area contributed by atoms with Crippen molar-refractivity contribution in [2.24, 2.45) is 5.73 Å². The number of thiophene rings is 1. The van der Waals surface area contributed by atoms with Crippen molar-refractivity contribution in [1.29, 1.82) is 0 Å². The van der Waals surface area contributed by atoms with Gasteiger partial charge in [0.25, 0.3) is 5.56 Å². The van der Waals surface area contributed by atoms with E-state index in [1.165, 1.54) is 27.1 Å². The van der Waals surface area contributed by atoms with Crippen LogP contribution >= 0.6 is 22.7 Å². The summed E-state index contributed by atoms with van der Waals surface area (Å²) < 4.78 is 1.50. The number of aryl methyl sites for hydroxylation is 3. The molecule has 4 rings (SSSR count). The van der Waals surface area contributed by atoms with Gasteiger partial charge in [0.1, 0.15) is 4.83 Å². The summed E-state index contributed by atoms with van der Waals surface area (Å²) in [5.41, 5.74) is 6.74. The van der Waals surface area contributed by atoms with Gasteiger partial charge in [0.05, 0.1) is 23.8 Å². The van der Waals surface area contributed by atoms with E-state index in [9.17, 15) is 14.4 Å². The summed E-state index contributed by atoms with van der Waals surface area (Å²) in [7, 11) is 0. The first-order chi connectivity index (χ1) is 13.5. The highest BCUT2D eigenvalue weighted by Gasteiger charge is 2.20. The molecule has 10 heteroatoms. The Balaban J connectivity index is 1.44. The molecule has 0 radical (unpaired) electrons. The van der Waals surface area contributed by atoms with Gasteiger partial charge >= 0.3 is 0 Å². The third kappa shape index (κ3) is 3.83. The molecule has 1 aliphatic carbocycles. The largest absolute Gasteiger partial charge is 0.369 e. The minimum absolute atomic E-state index is 0.0401. The number of nitrogens with one attached hydrogen (secondary N) is 1. The normalized spacial score (nSPS) is 13.4. The van der Waals surface area contributed by atoms with Crippen LogP contribution in [0.15, 0.2) is 16.5 Å². The number of rotatable bonds is 6. The average molecular weight is 418 g/mol. The molecule has 0 aromatic carbocycles. The van der Waals surface area contributed by atoms with Crippen molar-refractivity contribution in [3.05, 3.63) is 38.2 Å². The standard InChI is InChI=1S/C18H19N5O3S2/c19-13(24)7-10-8-27-18(21-10)22-14(25)5-6-23-9-20-16-15(17(23)26)11-3-1-2-4-12(11)28-16/h8-9H,1-7H2,(H2,19,24)(H,21,22,25). The molecule has 0 aliphatic heterocycles. The van der Waals surface area contributed by atoms with Gasteiger partial charge in [-0.1, -0.05) is 0 Å². The Bertz CT molecular complexity index is 1110. The number of primary amides is 1. The van der Waals surface area contributed by atoms with E-state index in [1.54, 1.807) is 16.7 Å². The van der Waals surface area contributed by atoms with E-state index in [0.29, 0.717) is 10.8 Å². The number of nitrogens with zero attached hydrogens (tertiary/aromatic N) is 3. The van der Waals surface area contributed by atoms with Gasteiger partial charge in [-0.25, -0.2) is 9.97 Å². The number of carbonyl (C=O) groups is 2. The maximum Gasteiger partial charge on any atom is 0.262 e. The molecule has 3 aromatic heterocycles. The minimum atomic E-state index is -0.471. The Morgan fingerprint density at radius 3 is 2.93 bits per heavy atom. The van der Waals surface area contributed by atoms with Crippen LogP contribution in [-0.4, -0.2) is 26.3 Å². The molecule has 0 spiro atoms. The maximum absolute atomic E-state index is 12.9. The maximum atomic E-state index is 12.9. The van der Waals surface area contributed by atoms with Crippen LogP contribution in [0.1, 0.15) is 35.4 Å². The molecule has 0 saturated heterocycles. The fourth-order valence-electron chi connectivity index (χ4n) is 3.37. The summed E-state index contributed by atoms with van der Waals surface area (Å²) in [5, 5.41) is 5.51. The van der Waals surface area contributed by atoms with Crippen molar-refractivity contribution in [3.8, 4) is 0 Å². The van der Waals surface area contributed by atoms with Crippen LogP contribution in [0, 0.1) is 0 Å². The van der Waals surface area contributed by atoms with E-state index < -0.39 is 5.91 Å². The van der Waals surface area contributed by atoms with Gasteiger partial charge in [0, 0.05) is 23.2 Å². The van der Waals surface area contributed by atoms with Crippen LogP contribution in [0.3, 0.4) is 0 Å². The van der Waals surface area contributed by atoms with E-state index in [4.69, 9.17) is 5.73 Å². The number of amides is 2. The first kappa shape index (κ1) is 18.8. The monoisotopic (exact) mass is 417 g/mol. The summed E-state index contributed by atoms with van der Waals surface area (Å²) in [6.45, 7) is 0.248. The van der Waals surface area contributed by atoms with Crippen molar-refractivity contribution < 1.29 is 9.59 Å². The Morgan fingerprint density at radius 1 is 1.29 bits per heavy atom. The van der Waals surface area contributed by atoms with Gasteiger partial charge in [0.15, 0.2) is 5.13 Å². The Hall–Kier alpha value is -2.59. The number of fused-ring (bicyclic) bond motifs is 3. The number of carbonyl (C=O) groups excluding carboxylic acids is 2. The Labute approximate surface area is 168 Å². The van der Waals surface area contributed by atoms with Crippen molar-refractivity contribution in [1.82, 2.24) is 14.5 Å². The van der Waals surface area contributed by atoms with Crippen molar-refractivity contribution in [2.75, 3.05) is 5.32 Å². The molecular weight excluding hydrogens is 398 g/mol. The number of anilines is 1. The molecular formula is C18H19N5O3S2. The van der Waals surface area contributed by atoms with E-state index in [0.717, 1.165) is 41.5 Å². The number of aromatic nitrogens is 3. The Kier molecular flexibility index (Phi) is 5.23. The zero-order valence-electron chi connectivity index (χ0n) is 15.1. The molecule has 0 saturated carbocycles. The van der Waals surface area contributed by atoms with Gasteiger partial charge in [0.2, 0.25) is 11.8 Å². The van der Waals surface area contributed by atoms with Gasteiger partial charge in [-0.3, -0.25) is 19.0 Å². The molecule has 146 valence electrons. The van der Waals surface area contributed by atoms with Gasteiger partial charge < -0.3 is 11.1 Å². The van der Waals surface area contributed by atoms with Crippen molar-refractivity contribution >= 4 is 49.8 Å². The zero-order valence-corrected chi connectivity index (χ0v) is 16.7. The molecule has 0 bridgehead atoms. The average Bonchev–Trinajstić information content (AvgIpc) is 3.24. The van der Waals surface area contributed by atoms with Crippen LogP contribution < -0.4 is 16.6 Å². The van der Waals surface area contributed by atoms with E-state index in [-0.39, 0.29) is 30.9 Å². The quantitative estimate of drug-likeness (QED) is 0.634. The number of hydrogen-bond donors (Lipinski definition) is 2. The lowest BCUT2D eigenvalue weighted by atomic mass is 9.97. The third-order valence-electron chi connectivity index (χ3n) is 4.68. The molecule has 1 aliphatic rings. The number of thiazole rings is 1. The first-order valence-electron chi connectivity index (χ1n) is 9.03. The molecule has 0 atom stereocenters. The lowest BCUT2D eigenvalue weighted by Gasteiger charge is -2.10. The molecule has 8 nitrogen and oxygen atoms in total. The van der Waals surface area contributed by atoms with Crippen molar-refractivity contribution in [2.45, 2.75) is 45.1 Å². The number of hydrogen-bond acceptors (Lipinski definition) is 7. The molecule has 0 unspecified atom stereocenters. The second-order valence-corrected chi connectivity index (χ2v) is 8.66. The molecule has 28 heavy (non-hydrogen) atoms. The van der Waals surface area contributed by atoms with Crippen LogP contribution in [-0.2, 0) is 35.4 Å². The van der Waals surface area contributed by atoms with E-state index >= 15 is 0 Å². The van der Waals surface area contributed by atoms with Crippen LogP contribution in [0.2, 0.25) is 0 Å². The molecule has 2 amide bonds. The Morgan fingerprint density at radius 2 is 2.11 bits per heavy atom. The van der Waals surface area contributed by atoms with Crippen LogP contribution in [0.4, 0.5) is 5.13 Å². The smallest absolute Gasteiger partial charge is 0.262 e. The van der Waals surface area contributed by atoms with E-state index in [2.05, 4.69) is 15.3 Å². The topological polar surface area (TPSA) is 120 Å². The van der Waals surface area contributed by atoms with Gasteiger partial charge in [-0.05, 0) is 31.2 Å². The van der Waals surface area contributed by atoms with Gasteiger partial charge in [-0.15, -0.1) is 22.7 Å². The highest BCUT2D eigenvalue weighted by molar-refractivity contribution is 7.18. The SMILES string of the molecule is NC(=O)Cc1csc(NC(=O)CCn2cnc3sc4c(c3c2=O)CCCC4)n1. The zero-order chi connectivity index (χ0) is 19.7. The highest BCUT2D eigenvalue weighted by Crippen LogP contribution is 2.33. The molecule has 3 N–H and O–H groups in total.